The predicted molar refractivity (Wildman–Crippen MR) is 46.5 cm³/mol. The highest BCUT2D eigenvalue weighted by atomic mass is 16.1. The number of nitrogens with two attached hydrogens (primary N) is 2. The number of nitrogens with zero attached hydrogens (tertiary/aromatic N) is 1. The minimum absolute atomic E-state index is 0.161. The number of primary amides is 1. The molecule has 0 spiro atoms. The van der Waals surface area contributed by atoms with Crippen LogP contribution in [0.3, 0.4) is 0 Å². The van der Waals surface area contributed by atoms with Gasteiger partial charge in [-0.3, -0.25) is 4.79 Å². The second-order valence-corrected chi connectivity index (χ2v) is 2.45. The average Bonchev–Trinajstić information content (AvgIpc) is 2.04. The molecule has 1 aromatic rings. The zero-order valence-corrected chi connectivity index (χ0v) is 6.87. The number of hydrogen-bond donors (Lipinski definition) is 2. The lowest BCUT2D eigenvalue weighted by Crippen LogP contribution is -2.16. The van der Waals surface area contributed by atoms with Gasteiger partial charge in [0.2, 0.25) is 0 Å². The van der Waals surface area contributed by atoms with Crippen molar-refractivity contribution in [1.82, 2.24) is 4.98 Å². The first-order valence-corrected chi connectivity index (χ1v) is 3.70. The van der Waals surface area contributed by atoms with E-state index in [4.69, 9.17) is 11.5 Å². The van der Waals surface area contributed by atoms with Gasteiger partial charge in [-0.1, -0.05) is 6.92 Å². The summed E-state index contributed by atoms with van der Waals surface area (Å²) in [5.74, 6) is -0.581. The van der Waals surface area contributed by atoms with E-state index in [2.05, 4.69) is 4.98 Å². The van der Waals surface area contributed by atoms with Gasteiger partial charge >= 0.3 is 0 Å². The molecule has 1 amide bonds. The summed E-state index contributed by atoms with van der Waals surface area (Å²) in [5.41, 5.74) is 12.1. The smallest absolute Gasteiger partial charge is 0.269 e. The van der Waals surface area contributed by atoms with Crippen LogP contribution in [0.2, 0.25) is 0 Å². The number of rotatable bonds is 2. The van der Waals surface area contributed by atoms with Crippen molar-refractivity contribution in [3.8, 4) is 0 Å². The Bertz CT molecular complexity index is 309. The van der Waals surface area contributed by atoms with Crippen molar-refractivity contribution >= 4 is 11.6 Å². The average molecular weight is 165 g/mol. The van der Waals surface area contributed by atoms with E-state index >= 15 is 0 Å². The van der Waals surface area contributed by atoms with Crippen molar-refractivity contribution in [2.75, 3.05) is 5.73 Å². The standard InChI is InChI=1S/C8H11N3O/c1-2-5-3-4-11-7(6(5)9)8(10)12/h3-4H,2,9H2,1H3,(H2,10,12). The van der Waals surface area contributed by atoms with E-state index in [1.54, 1.807) is 6.07 Å². The summed E-state index contributed by atoms with van der Waals surface area (Å²) in [6, 6.07) is 1.78. The lowest BCUT2D eigenvalue weighted by atomic mass is 10.1. The Morgan fingerprint density at radius 1 is 1.67 bits per heavy atom. The molecule has 0 aliphatic rings. The van der Waals surface area contributed by atoms with Crippen molar-refractivity contribution in [3.05, 3.63) is 23.5 Å². The molecule has 0 atom stereocenters. The van der Waals surface area contributed by atoms with Gasteiger partial charge in [0, 0.05) is 6.20 Å². The van der Waals surface area contributed by atoms with Gasteiger partial charge in [0.25, 0.3) is 5.91 Å². The molecule has 1 rings (SSSR count). The highest BCUT2D eigenvalue weighted by molar-refractivity contribution is 5.96. The van der Waals surface area contributed by atoms with Gasteiger partial charge in [0.05, 0.1) is 5.69 Å². The minimum atomic E-state index is -0.581. The summed E-state index contributed by atoms with van der Waals surface area (Å²) < 4.78 is 0. The summed E-state index contributed by atoms with van der Waals surface area (Å²) in [6.07, 6.45) is 2.31. The molecule has 12 heavy (non-hydrogen) atoms. The Kier molecular flexibility index (Phi) is 2.28. The maximum atomic E-state index is 10.8. The number of aryl methyl sites for hydroxylation is 1. The van der Waals surface area contributed by atoms with E-state index in [0.717, 1.165) is 12.0 Å². The highest BCUT2D eigenvalue weighted by Gasteiger charge is 2.09. The second kappa shape index (κ2) is 3.21. The number of amides is 1. The molecule has 4 nitrogen and oxygen atoms in total. The fourth-order valence-corrected chi connectivity index (χ4v) is 1.02. The number of pyridine rings is 1. The third-order valence-electron chi connectivity index (χ3n) is 1.69. The first kappa shape index (κ1) is 8.52. The van der Waals surface area contributed by atoms with Gasteiger partial charge in [-0.25, -0.2) is 4.98 Å². The SMILES string of the molecule is CCc1ccnc(C(N)=O)c1N. The molecule has 0 aliphatic carbocycles. The number of anilines is 1. The van der Waals surface area contributed by atoms with E-state index in [-0.39, 0.29) is 5.69 Å². The molecule has 1 aromatic heterocycles. The van der Waals surface area contributed by atoms with Gasteiger partial charge in [-0.2, -0.15) is 0 Å². The quantitative estimate of drug-likeness (QED) is 0.662. The summed E-state index contributed by atoms with van der Waals surface area (Å²) in [6.45, 7) is 1.95. The number of aromatic nitrogens is 1. The van der Waals surface area contributed by atoms with Gasteiger partial charge in [-0.15, -0.1) is 0 Å². The van der Waals surface area contributed by atoms with Crippen LogP contribution in [0.15, 0.2) is 12.3 Å². The van der Waals surface area contributed by atoms with Crippen molar-refractivity contribution < 1.29 is 4.79 Å². The van der Waals surface area contributed by atoms with E-state index < -0.39 is 5.91 Å². The molecular formula is C8H11N3O. The predicted octanol–water partition coefficient (Wildman–Crippen LogP) is 0.325. The topological polar surface area (TPSA) is 82.0 Å². The fourth-order valence-electron chi connectivity index (χ4n) is 1.02. The molecular weight excluding hydrogens is 154 g/mol. The molecule has 64 valence electrons. The number of carbonyl (C=O) groups excluding carboxylic acids is 1. The molecule has 0 saturated carbocycles. The largest absolute Gasteiger partial charge is 0.397 e. The van der Waals surface area contributed by atoms with Crippen LogP contribution in [0, 0.1) is 0 Å². The van der Waals surface area contributed by atoms with Crippen molar-refractivity contribution in [3.63, 3.8) is 0 Å². The normalized spacial score (nSPS) is 9.75. The molecule has 4 N–H and O–H groups in total. The Balaban J connectivity index is 3.23. The molecule has 0 aliphatic heterocycles. The molecule has 1 heterocycles. The maximum Gasteiger partial charge on any atom is 0.269 e. The summed E-state index contributed by atoms with van der Waals surface area (Å²) in [4.78, 5) is 14.6. The van der Waals surface area contributed by atoms with Gasteiger partial charge in [0.1, 0.15) is 0 Å². The second-order valence-electron chi connectivity index (χ2n) is 2.45. The molecule has 4 heteroatoms. The molecule has 0 aromatic carbocycles. The molecule has 0 radical (unpaired) electrons. The monoisotopic (exact) mass is 165 g/mol. The van der Waals surface area contributed by atoms with Crippen LogP contribution in [-0.4, -0.2) is 10.9 Å². The van der Waals surface area contributed by atoms with E-state index in [1.807, 2.05) is 6.92 Å². The summed E-state index contributed by atoms with van der Waals surface area (Å²) in [7, 11) is 0. The zero-order chi connectivity index (χ0) is 9.14. The van der Waals surface area contributed by atoms with Crippen LogP contribution >= 0.6 is 0 Å². The maximum absolute atomic E-state index is 10.8. The van der Waals surface area contributed by atoms with E-state index in [0.29, 0.717) is 5.69 Å². The molecule has 0 saturated heterocycles. The first-order chi connectivity index (χ1) is 5.66. The van der Waals surface area contributed by atoms with Gasteiger partial charge in [-0.05, 0) is 18.1 Å². The number of nitrogen functional groups attached to an aromatic ring is 1. The van der Waals surface area contributed by atoms with Crippen LogP contribution in [0.4, 0.5) is 5.69 Å². The van der Waals surface area contributed by atoms with Crippen LogP contribution in [0.1, 0.15) is 23.0 Å². The van der Waals surface area contributed by atoms with Crippen molar-refractivity contribution in [2.24, 2.45) is 5.73 Å². The van der Waals surface area contributed by atoms with Crippen molar-refractivity contribution in [2.45, 2.75) is 13.3 Å². The Labute approximate surface area is 70.6 Å². The molecule has 0 bridgehead atoms. The Morgan fingerprint density at radius 2 is 2.33 bits per heavy atom. The third-order valence-corrected chi connectivity index (χ3v) is 1.69. The highest BCUT2D eigenvalue weighted by Crippen LogP contribution is 2.14. The molecule has 0 fully saturated rings. The lowest BCUT2D eigenvalue weighted by molar-refractivity contribution is 0.0996. The lowest BCUT2D eigenvalue weighted by Gasteiger charge is -2.04. The minimum Gasteiger partial charge on any atom is -0.397 e. The summed E-state index contributed by atoms with van der Waals surface area (Å²) >= 11 is 0. The van der Waals surface area contributed by atoms with Crippen molar-refractivity contribution in [1.29, 1.82) is 0 Å². The van der Waals surface area contributed by atoms with E-state index in [9.17, 15) is 4.79 Å². The first-order valence-electron chi connectivity index (χ1n) is 3.70. The van der Waals surface area contributed by atoms with Gasteiger partial charge < -0.3 is 11.5 Å². The zero-order valence-electron chi connectivity index (χ0n) is 6.87. The van der Waals surface area contributed by atoms with Gasteiger partial charge in [0.15, 0.2) is 5.69 Å². The van der Waals surface area contributed by atoms with Crippen LogP contribution in [0.25, 0.3) is 0 Å². The van der Waals surface area contributed by atoms with E-state index in [1.165, 1.54) is 6.20 Å². The Hall–Kier alpha value is -1.58. The van der Waals surface area contributed by atoms with Crippen LogP contribution in [-0.2, 0) is 6.42 Å². The van der Waals surface area contributed by atoms with Crippen LogP contribution in [0.5, 0.6) is 0 Å². The third kappa shape index (κ3) is 1.37. The summed E-state index contributed by atoms with van der Waals surface area (Å²) in [5, 5.41) is 0. The fraction of sp³-hybridized carbons (Fsp3) is 0.250. The number of carbonyl (C=O) groups is 1. The Morgan fingerprint density at radius 3 is 2.83 bits per heavy atom. The van der Waals surface area contributed by atoms with Crippen LogP contribution < -0.4 is 11.5 Å². The molecule has 0 unspecified atom stereocenters. The number of hydrogen-bond acceptors (Lipinski definition) is 3.